The molecule has 1 amide bonds. The van der Waals surface area contributed by atoms with E-state index in [2.05, 4.69) is 11.4 Å². The van der Waals surface area contributed by atoms with Crippen molar-refractivity contribution < 1.29 is 34.7 Å². The van der Waals surface area contributed by atoms with Gasteiger partial charge in [0.15, 0.2) is 6.29 Å². The fourth-order valence-corrected chi connectivity index (χ4v) is 3.74. The van der Waals surface area contributed by atoms with Crippen LogP contribution in [-0.4, -0.2) is 76.3 Å². The zero-order chi connectivity index (χ0) is 25.4. The first-order chi connectivity index (χ1) is 16.9. The first kappa shape index (κ1) is 26.2. The van der Waals surface area contributed by atoms with E-state index in [9.17, 15) is 25.4 Å². The Kier molecular flexibility index (Phi) is 9.19. The Morgan fingerprint density at radius 2 is 1.97 bits per heavy atom. The summed E-state index contributed by atoms with van der Waals surface area (Å²) >= 11 is 0. The number of hydrogen-bond acceptors (Lipinski definition) is 8. The maximum Gasteiger partial charge on any atom is 0.253 e. The molecule has 5 N–H and O–H groups in total. The zero-order valence-electron chi connectivity index (χ0n) is 19.3. The minimum absolute atomic E-state index is 0.0691. The number of amides is 1. The molecule has 10 nitrogen and oxygen atoms in total. The summed E-state index contributed by atoms with van der Waals surface area (Å²) in [6, 6.07) is 14.7. The highest BCUT2D eigenvalue weighted by Gasteiger charge is 2.20. The molecular formula is C25H29N3O7. The number of methoxy groups -OCH3 is 1. The van der Waals surface area contributed by atoms with Crippen molar-refractivity contribution in [2.45, 2.75) is 31.5 Å². The fourth-order valence-electron chi connectivity index (χ4n) is 3.74. The predicted octanol–water partition coefficient (Wildman–Crippen LogP) is 0.739. The number of ether oxygens (including phenoxy) is 2. The molecule has 0 spiro atoms. The molecule has 0 aliphatic heterocycles. The SMILES string of the molecule is COc1ccc2c(C(=O)NCC(O)O[C@H](CO)C[C@H](O)CO)cn(Cc3cccc(C#N)c3)c2c1. The Balaban J connectivity index is 1.77. The van der Waals surface area contributed by atoms with Crippen LogP contribution >= 0.6 is 0 Å². The van der Waals surface area contributed by atoms with Crippen molar-refractivity contribution in [3.05, 3.63) is 65.4 Å². The average molecular weight is 484 g/mol. The number of benzene rings is 2. The van der Waals surface area contributed by atoms with Gasteiger partial charge in [0.25, 0.3) is 5.91 Å². The normalized spacial score (nSPS) is 13.7. The highest BCUT2D eigenvalue weighted by atomic mass is 16.6. The van der Waals surface area contributed by atoms with Crippen molar-refractivity contribution in [1.82, 2.24) is 9.88 Å². The summed E-state index contributed by atoms with van der Waals surface area (Å²) < 4.78 is 12.5. The van der Waals surface area contributed by atoms with Crippen molar-refractivity contribution in [1.29, 1.82) is 5.26 Å². The van der Waals surface area contributed by atoms with Gasteiger partial charge in [-0.3, -0.25) is 4.79 Å². The minimum atomic E-state index is -1.43. The van der Waals surface area contributed by atoms with Gasteiger partial charge < -0.3 is 39.8 Å². The number of aromatic nitrogens is 1. The van der Waals surface area contributed by atoms with E-state index in [1.54, 1.807) is 43.6 Å². The summed E-state index contributed by atoms with van der Waals surface area (Å²) in [5.41, 5.74) is 2.56. The van der Waals surface area contributed by atoms with Crippen LogP contribution in [0, 0.1) is 11.3 Å². The van der Waals surface area contributed by atoms with Gasteiger partial charge in [-0.1, -0.05) is 12.1 Å². The lowest BCUT2D eigenvalue weighted by atomic mass is 10.1. The Morgan fingerprint density at radius 1 is 1.17 bits per heavy atom. The third-order valence-electron chi connectivity index (χ3n) is 5.48. The first-order valence-corrected chi connectivity index (χ1v) is 11.1. The number of aliphatic hydroxyl groups is 4. The number of nitrogens with one attached hydrogen (secondary N) is 1. The Hall–Kier alpha value is -3.46. The molecule has 3 rings (SSSR count). The molecule has 0 radical (unpaired) electrons. The Labute approximate surface area is 202 Å². The third-order valence-corrected chi connectivity index (χ3v) is 5.48. The first-order valence-electron chi connectivity index (χ1n) is 11.1. The quantitative estimate of drug-likeness (QED) is 0.236. The van der Waals surface area contributed by atoms with Gasteiger partial charge in [-0.25, -0.2) is 0 Å². The number of fused-ring (bicyclic) bond motifs is 1. The van der Waals surface area contributed by atoms with Crippen molar-refractivity contribution in [3.8, 4) is 11.8 Å². The largest absolute Gasteiger partial charge is 0.497 e. The van der Waals surface area contributed by atoms with Crippen molar-refractivity contribution in [2.24, 2.45) is 0 Å². The molecule has 0 saturated carbocycles. The van der Waals surface area contributed by atoms with Crippen LogP contribution in [0.25, 0.3) is 10.9 Å². The fraction of sp³-hybridized carbons (Fsp3) is 0.360. The van der Waals surface area contributed by atoms with Crippen LogP contribution in [0.15, 0.2) is 48.7 Å². The van der Waals surface area contributed by atoms with Crippen LogP contribution in [0.2, 0.25) is 0 Å². The molecule has 2 aromatic carbocycles. The van der Waals surface area contributed by atoms with E-state index in [0.29, 0.717) is 28.8 Å². The van der Waals surface area contributed by atoms with Crippen LogP contribution < -0.4 is 10.1 Å². The number of carbonyl (C=O) groups is 1. The lowest BCUT2D eigenvalue weighted by Gasteiger charge is -2.21. The van der Waals surface area contributed by atoms with Gasteiger partial charge in [-0.15, -0.1) is 0 Å². The number of nitrogens with zero attached hydrogens (tertiary/aromatic N) is 2. The van der Waals surface area contributed by atoms with E-state index < -0.39 is 37.6 Å². The minimum Gasteiger partial charge on any atom is -0.497 e. The van der Waals surface area contributed by atoms with Gasteiger partial charge >= 0.3 is 0 Å². The van der Waals surface area contributed by atoms with E-state index in [4.69, 9.17) is 14.6 Å². The molecule has 0 fully saturated rings. The van der Waals surface area contributed by atoms with Crippen molar-refractivity contribution in [3.63, 3.8) is 0 Å². The lowest BCUT2D eigenvalue weighted by Crippen LogP contribution is -2.38. The van der Waals surface area contributed by atoms with Gasteiger partial charge in [0.2, 0.25) is 0 Å². The number of hydrogen-bond donors (Lipinski definition) is 5. The molecule has 1 aromatic heterocycles. The molecule has 1 unspecified atom stereocenters. The standard InChI is InChI=1S/C25H29N3O7/c1-34-19-5-6-21-22(25(33)27-11-24(32)35-20(15-30)8-18(31)14-29)13-28(23(21)9-19)12-17-4-2-3-16(7-17)10-26/h2-7,9,13,18,20,24,29-32H,8,11-12,14-15H2,1H3,(H,27,33)/t18-,20-,24?/m0/s1. The molecule has 3 atom stereocenters. The molecule has 186 valence electrons. The predicted molar refractivity (Wildman–Crippen MR) is 127 cm³/mol. The molecule has 0 aliphatic rings. The van der Waals surface area contributed by atoms with Crippen molar-refractivity contribution >= 4 is 16.8 Å². The molecule has 0 aliphatic carbocycles. The zero-order valence-corrected chi connectivity index (χ0v) is 19.3. The molecule has 35 heavy (non-hydrogen) atoms. The topological polar surface area (TPSA) is 157 Å². The van der Waals surface area contributed by atoms with Crippen LogP contribution in [0.5, 0.6) is 5.75 Å². The highest BCUT2D eigenvalue weighted by Crippen LogP contribution is 2.27. The lowest BCUT2D eigenvalue weighted by molar-refractivity contribution is -0.152. The summed E-state index contributed by atoms with van der Waals surface area (Å²) in [6.07, 6.45) is -1.79. The average Bonchev–Trinajstić information content (AvgIpc) is 3.24. The van der Waals surface area contributed by atoms with Gasteiger partial charge in [0.1, 0.15) is 5.75 Å². The molecule has 0 bridgehead atoms. The maximum atomic E-state index is 13.0. The van der Waals surface area contributed by atoms with E-state index in [-0.39, 0.29) is 13.0 Å². The molecule has 3 aromatic rings. The van der Waals surface area contributed by atoms with Crippen LogP contribution in [0.3, 0.4) is 0 Å². The van der Waals surface area contributed by atoms with Gasteiger partial charge in [-0.2, -0.15) is 5.26 Å². The summed E-state index contributed by atoms with van der Waals surface area (Å²) in [4.78, 5) is 13.0. The second-order valence-electron chi connectivity index (χ2n) is 8.04. The molecular weight excluding hydrogens is 454 g/mol. The maximum absolute atomic E-state index is 13.0. The molecule has 10 heteroatoms. The van der Waals surface area contributed by atoms with Gasteiger partial charge in [0.05, 0.1) is 61.8 Å². The van der Waals surface area contributed by atoms with E-state index in [0.717, 1.165) is 11.1 Å². The van der Waals surface area contributed by atoms with Gasteiger partial charge in [0, 0.05) is 30.6 Å². The second kappa shape index (κ2) is 12.3. The number of nitriles is 1. The number of carbonyl (C=O) groups excluding carboxylic acids is 1. The summed E-state index contributed by atoms with van der Waals surface area (Å²) in [5.74, 6) is 0.182. The third kappa shape index (κ3) is 6.79. The molecule has 1 heterocycles. The van der Waals surface area contributed by atoms with Gasteiger partial charge in [-0.05, 0) is 29.8 Å². The second-order valence-corrected chi connectivity index (χ2v) is 8.04. The monoisotopic (exact) mass is 483 g/mol. The van der Waals surface area contributed by atoms with Crippen LogP contribution in [0.4, 0.5) is 0 Å². The van der Waals surface area contributed by atoms with Crippen LogP contribution in [0.1, 0.15) is 27.9 Å². The summed E-state index contributed by atoms with van der Waals surface area (Å²) in [6.45, 7) is -0.798. The van der Waals surface area contributed by atoms with E-state index >= 15 is 0 Å². The Morgan fingerprint density at radius 3 is 2.66 bits per heavy atom. The highest BCUT2D eigenvalue weighted by molar-refractivity contribution is 6.07. The smallest absolute Gasteiger partial charge is 0.253 e. The summed E-state index contributed by atoms with van der Waals surface area (Å²) in [7, 11) is 1.55. The Bertz CT molecular complexity index is 1190. The van der Waals surface area contributed by atoms with E-state index in [1.165, 1.54) is 0 Å². The molecule has 0 saturated heterocycles. The number of aliphatic hydroxyl groups excluding tert-OH is 4. The van der Waals surface area contributed by atoms with Crippen molar-refractivity contribution in [2.75, 3.05) is 26.9 Å². The van der Waals surface area contributed by atoms with Crippen LogP contribution in [-0.2, 0) is 11.3 Å². The van der Waals surface area contributed by atoms with E-state index in [1.807, 2.05) is 16.7 Å². The number of rotatable bonds is 12. The summed E-state index contributed by atoms with van der Waals surface area (Å²) in [5, 5.41) is 50.4.